The average molecular weight is 772 g/mol. The van der Waals surface area contributed by atoms with Gasteiger partial charge >= 0.3 is 6.03 Å². The van der Waals surface area contributed by atoms with Crippen molar-refractivity contribution in [2.24, 2.45) is 5.92 Å². The van der Waals surface area contributed by atoms with Crippen LogP contribution >= 0.6 is 0 Å². The summed E-state index contributed by atoms with van der Waals surface area (Å²) in [6, 6.07) is 15.6. The zero-order chi connectivity index (χ0) is 38.9. The molecule has 0 spiro atoms. The fraction of sp³-hybridized carbons (Fsp3) is 0.500. The molecule has 15 heteroatoms. The number of nitrogens with zero attached hydrogens (tertiary/aromatic N) is 9. The average Bonchev–Trinajstić information content (AvgIpc) is 4.01. The number of ether oxygens (including phenoxy) is 1. The molecular weight excluding hydrogens is 723 g/mol. The van der Waals surface area contributed by atoms with Crippen LogP contribution in [0.3, 0.4) is 0 Å². The van der Waals surface area contributed by atoms with E-state index in [0.29, 0.717) is 29.9 Å². The predicted molar refractivity (Wildman–Crippen MR) is 214 cm³/mol. The number of imide groups is 1. The molecule has 4 amide bonds. The minimum Gasteiger partial charge on any atom is -0.490 e. The summed E-state index contributed by atoms with van der Waals surface area (Å²) in [6.07, 6.45) is 11.9. The maximum Gasteiger partial charge on any atom is 0.329 e. The molecule has 5 fully saturated rings. The van der Waals surface area contributed by atoms with Gasteiger partial charge in [0.25, 0.3) is 5.91 Å². The summed E-state index contributed by atoms with van der Waals surface area (Å²) in [5, 5.41) is 23.8. The molecule has 3 aliphatic heterocycles. The Morgan fingerprint density at radius 2 is 1.75 bits per heavy atom. The first kappa shape index (κ1) is 36.9. The van der Waals surface area contributed by atoms with Crippen molar-refractivity contribution in [1.82, 2.24) is 35.1 Å². The number of carbonyl (C=O) groups excluding carboxylic acids is 3. The molecule has 5 aliphatic rings. The Kier molecular flexibility index (Phi) is 10.4. The molecule has 2 N–H and O–H groups in total. The van der Waals surface area contributed by atoms with E-state index in [9.17, 15) is 19.6 Å². The number of anilines is 3. The van der Waals surface area contributed by atoms with Gasteiger partial charge in [-0.2, -0.15) is 5.26 Å². The number of fused-ring (bicyclic) bond motifs is 1. The molecule has 2 aliphatic carbocycles. The minimum absolute atomic E-state index is 0.00754. The van der Waals surface area contributed by atoms with Gasteiger partial charge in [-0.25, -0.2) is 9.78 Å². The fourth-order valence-corrected chi connectivity index (χ4v) is 8.93. The third-order valence-corrected chi connectivity index (χ3v) is 12.3. The largest absolute Gasteiger partial charge is 0.490 e. The summed E-state index contributed by atoms with van der Waals surface area (Å²) < 4.78 is 8.25. The standard InChI is InChI=1S/C42H49N11O4/c43-25-30-6-7-34(24-35(30)29-4-5-29)57-33-3-1-2-31(22-33)45-41(55)36-8-9-37(48-47-36)51-14-10-28(11-15-51)27-49-18-20-50(21-19-49)32-12-16-52-38(23-32)44-26-40(52)53-17-13-39(54)46-42(53)56/h6-9,12,16,23-24,26,28-29,31,33H,1-5,10-11,13-15,17-22,27H2,(H,45,55)(H,46,54,56)/t31-,33-/m1/s1. The van der Waals surface area contributed by atoms with Crippen LogP contribution < -0.4 is 30.1 Å². The first-order valence-electron chi connectivity index (χ1n) is 20.5. The van der Waals surface area contributed by atoms with Gasteiger partial charge in [0, 0.05) is 89.2 Å². The van der Waals surface area contributed by atoms with E-state index in [2.05, 4.69) is 58.7 Å². The molecule has 0 radical (unpaired) electrons. The Labute approximate surface area is 332 Å². The summed E-state index contributed by atoms with van der Waals surface area (Å²) in [7, 11) is 0. The zero-order valence-electron chi connectivity index (χ0n) is 32.2. The number of hydrogen-bond acceptors (Lipinski definition) is 11. The second kappa shape index (κ2) is 16.0. The lowest BCUT2D eigenvalue weighted by Gasteiger charge is -2.39. The quantitative estimate of drug-likeness (QED) is 0.234. The van der Waals surface area contributed by atoms with Crippen molar-refractivity contribution in [3.63, 3.8) is 0 Å². The lowest BCUT2D eigenvalue weighted by atomic mass is 9.92. The zero-order valence-corrected chi connectivity index (χ0v) is 32.2. The summed E-state index contributed by atoms with van der Waals surface area (Å²) >= 11 is 0. The molecule has 0 unspecified atom stereocenters. The molecule has 3 saturated heterocycles. The highest BCUT2D eigenvalue weighted by molar-refractivity contribution is 6.05. The number of urea groups is 1. The molecule has 2 saturated carbocycles. The molecule has 9 rings (SSSR count). The van der Waals surface area contributed by atoms with Crippen LogP contribution in [-0.2, 0) is 4.79 Å². The number of carbonyl (C=O) groups is 3. The van der Waals surface area contributed by atoms with E-state index in [1.165, 1.54) is 0 Å². The van der Waals surface area contributed by atoms with E-state index in [0.717, 1.165) is 131 Å². The van der Waals surface area contributed by atoms with Crippen LogP contribution in [0.4, 0.5) is 22.1 Å². The molecule has 296 valence electrons. The number of hydrogen-bond donors (Lipinski definition) is 2. The van der Waals surface area contributed by atoms with Gasteiger partial charge in [0.1, 0.15) is 23.3 Å². The predicted octanol–water partition coefficient (Wildman–Crippen LogP) is 4.48. The first-order chi connectivity index (χ1) is 27.9. The van der Waals surface area contributed by atoms with Crippen LogP contribution in [0.15, 0.2) is 54.9 Å². The summed E-state index contributed by atoms with van der Waals surface area (Å²) in [5.74, 6) is 2.92. The molecule has 57 heavy (non-hydrogen) atoms. The number of piperazine rings is 1. The molecule has 0 bridgehead atoms. The number of amides is 4. The number of aromatic nitrogens is 4. The van der Waals surface area contributed by atoms with Gasteiger partial charge in [0.05, 0.1) is 17.8 Å². The fourth-order valence-electron chi connectivity index (χ4n) is 8.93. The van der Waals surface area contributed by atoms with E-state index in [1.807, 2.05) is 34.9 Å². The number of rotatable bonds is 10. The van der Waals surface area contributed by atoms with Crippen LogP contribution in [0.1, 0.15) is 85.3 Å². The van der Waals surface area contributed by atoms with Gasteiger partial charge in [-0.05, 0) is 98.7 Å². The van der Waals surface area contributed by atoms with Gasteiger partial charge < -0.3 is 19.9 Å². The number of piperidine rings is 1. The van der Waals surface area contributed by atoms with E-state index < -0.39 is 6.03 Å². The van der Waals surface area contributed by atoms with Crippen molar-refractivity contribution in [1.29, 1.82) is 5.26 Å². The summed E-state index contributed by atoms with van der Waals surface area (Å²) in [6.45, 7) is 7.11. The maximum atomic E-state index is 13.2. The Hall–Kier alpha value is -5.75. The Bertz CT molecular complexity index is 2160. The Morgan fingerprint density at radius 3 is 2.51 bits per heavy atom. The first-order valence-corrected chi connectivity index (χ1v) is 20.5. The van der Waals surface area contributed by atoms with Gasteiger partial charge in [-0.15, -0.1) is 10.2 Å². The van der Waals surface area contributed by atoms with Crippen molar-refractivity contribution in [3.8, 4) is 11.8 Å². The number of nitriles is 1. The van der Waals surface area contributed by atoms with Crippen molar-refractivity contribution in [3.05, 3.63) is 71.7 Å². The number of benzene rings is 1. The lowest BCUT2D eigenvalue weighted by molar-refractivity contribution is -0.120. The molecule has 1 aromatic carbocycles. The number of pyridine rings is 1. The van der Waals surface area contributed by atoms with Crippen molar-refractivity contribution < 1.29 is 19.1 Å². The van der Waals surface area contributed by atoms with Gasteiger partial charge in [0.2, 0.25) is 5.91 Å². The molecular formula is C42H49N11O4. The van der Waals surface area contributed by atoms with E-state index in [4.69, 9.17) is 4.74 Å². The molecule has 6 heterocycles. The SMILES string of the molecule is N#Cc1ccc(O[C@@H]2CCC[C@@H](NC(=O)c3ccc(N4CCC(CN5CCN(c6ccn7c(N8CCC(=O)NC8=O)cnc7c6)CC5)CC4)nn3)C2)cc1C1CC1. The molecule has 4 aromatic rings. The van der Waals surface area contributed by atoms with Crippen LogP contribution in [-0.4, -0.2) is 107 Å². The highest BCUT2D eigenvalue weighted by atomic mass is 16.5. The molecule has 3 aromatic heterocycles. The van der Waals surface area contributed by atoms with Gasteiger partial charge in [0.15, 0.2) is 11.5 Å². The Morgan fingerprint density at radius 1 is 0.912 bits per heavy atom. The second-order valence-electron chi connectivity index (χ2n) is 16.2. The van der Waals surface area contributed by atoms with E-state index >= 15 is 0 Å². The smallest absolute Gasteiger partial charge is 0.329 e. The highest BCUT2D eigenvalue weighted by Crippen LogP contribution is 2.43. The number of nitrogens with one attached hydrogen (secondary N) is 2. The van der Waals surface area contributed by atoms with Gasteiger partial charge in [-0.3, -0.25) is 29.1 Å². The summed E-state index contributed by atoms with van der Waals surface area (Å²) in [5.41, 5.74) is 4.06. The monoisotopic (exact) mass is 771 g/mol. The molecule has 2 atom stereocenters. The second-order valence-corrected chi connectivity index (χ2v) is 16.2. The van der Waals surface area contributed by atoms with Gasteiger partial charge in [-0.1, -0.05) is 0 Å². The van der Waals surface area contributed by atoms with Crippen molar-refractivity contribution >= 4 is 40.8 Å². The third-order valence-electron chi connectivity index (χ3n) is 12.3. The third kappa shape index (κ3) is 8.23. The topological polar surface area (TPSA) is 164 Å². The van der Waals surface area contributed by atoms with Crippen LogP contribution in [0.5, 0.6) is 5.75 Å². The van der Waals surface area contributed by atoms with Crippen molar-refractivity contribution in [2.45, 2.75) is 75.9 Å². The highest BCUT2D eigenvalue weighted by Gasteiger charge is 2.30. The van der Waals surface area contributed by atoms with Crippen LogP contribution in [0, 0.1) is 17.2 Å². The molecule has 15 nitrogen and oxygen atoms in total. The Balaban J connectivity index is 0.708. The maximum absolute atomic E-state index is 13.2. The normalized spacial score (nSPS) is 22.3. The minimum atomic E-state index is -0.414. The van der Waals surface area contributed by atoms with E-state index in [-0.39, 0.29) is 30.4 Å². The van der Waals surface area contributed by atoms with Crippen LogP contribution in [0.25, 0.3) is 5.65 Å². The number of imidazole rings is 1. The lowest BCUT2D eigenvalue weighted by Crippen LogP contribution is -2.50. The van der Waals surface area contributed by atoms with Crippen LogP contribution in [0.2, 0.25) is 0 Å². The summed E-state index contributed by atoms with van der Waals surface area (Å²) in [4.78, 5) is 50.5. The van der Waals surface area contributed by atoms with E-state index in [1.54, 1.807) is 17.2 Å². The van der Waals surface area contributed by atoms with Crippen molar-refractivity contribution in [2.75, 3.05) is 67.1 Å².